The van der Waals surface area contributed by atoms with E-state index in [1.807, 2.05) is 6.07 Å². The Kier molecular flexibility index (Phi) is 2.23. The zero-order valence-corrected chi connectivity index (χ0v) is 7.83. The van der Waals surface area contributed by atoms with Crippen LogP contribution >= 0.6 is 0 Å². The van der Waals surface area contributed by atoms with Crippen molar-refractivity contribution >= 4 is 11.5 Å². The Bertz CT molecular complexity index is 376. The first-order valence-corrected chi connectivity index (χ1v) is 4.70. The quantitative estimate of drug-likeness (QED) is 0.751. The van der Waals surface area contributed by atoms with Gasteiger partial charge in [0.2, 0.25) is 0 Å². The summed E-state index contributed by atoms with van der Waals surface area (Å²) in [5.41, 5.74) is 6.29. The zero-order chi connectivity index (χ0) is 9.97. The number of aromatic nitrogens is 1. The molecule has 0 atom stereocenters. The Morgan fingerprint density at radius 2 is 2.36 bits per heavy atom. The Hall–Kier alpha value is -1.76. The summed E-state index contributed by atoms with van der Waals surface area (Å²) >= 11 is 0. The fraction of sp³-hybridized carbons (Fsp3) is 0.400. The average molecular weight is 188 g/mol. The Balaban J connectivity index is 2.06. The van der Waals surface area contributed by atoms with Crippen LogP contribution in [0, 0.1) is 17.2 Å². The summed E-state index contributed by atoms with van der Waals surface area (Å²) < 4.78 is 0. The number of hydrogen-bond donors (Lipinski definition) is 2. The van der Waals surface area contributed by atoms with E-state index in [1.54, 1.807) is 12.1 Å². The molecule has 1 heterocycles. The van der Waals surface area contributed by atoms with Crippen LogP contribution in [0.15, 0.2) is 12.1 Å². The standard InChI is InChI=1S/C10H12N4/c11-5-9-8(12)3-4-10(14-9)13-6-7-1-2-7/h3-4,7H,1-2,6,12H2,(H,13,14). The molecule has 14 heavy (non-hydrogen) atoms. The topological polar surface area (TPSA) is 74.7 Å². The van der Waals surface area contributed by atoms with Gasteiger partial charge in [0.25, 0.3) is 0 Å². The summed E-state index contributed by atoms with van der Waals surface area (Å²) in [5.74, 6) is 1.53. The molecule has 4 nitrogen and oxygen atoms in total. The van der Waals surface area contributed by atoms with Gasteiger partial charge >= 0.3 is 0 Å². The van der Waals surface area contributed by atoms with Crippen LogP contribution in [0.3, 0.4) is 0 Å². The van der Waals surface area contributed by atoms with Crippen LogP contribution in [-0.4, -0.2) is 11.5 Å². The van der Waals surface area contributed by atoms with Gasteiger partial charge in [-0.05, 0) is 30.9 Å². The molecule has 1 saturated carbocycles. The van der Waals surface area contributed by atoms with E-state index < -0.39 is 0 Å². The van der Waals surface area contributed by atoms with Crippen molar-refractivity contribution in [1.29, 1.82) is 5.26 Å². The number of nitrogen functional groups attached to an aromatic ring is 1. The third kappa shape index (κ3) is 1.94. The molecule has 0 unspecified atom stereocenters. The van der Waals surface area contributed by atoms with E-state index in [9.17, 15) is 0 Å². The summed E-state index contributed by atoms with van der Waals surface area (Å²) in [6, 6.07) is 5.48. The minimum Gasteiger partial charge on any atom is -0.396 e. The van der Waals surface area contributed by atoms with Gasteiger partial charge < -0.3 is 11.1 Å². The molecule has 2 rings (SSSR count). The van der Waals surface area contributed by atoms with Gasteiger partial charge in [-0.2, -0.15) is 5.26 Å². The van der Waals surface area contributed by atoms with Crippen LogP contribution in [0.1, 0.15) is 18.5 Å². The van der Waals surface area contributed by atoms with Crippen molar-refractivity contribution in [3.8, 4) is 6.07 Å². The van der Waals surface area contributed by atoms with Gasteiger partial charge in [-0.3, -0.25) is 0 Å². The zero-order valence-electron chi connectivity index (χ0n) is 7.83. The van der Waals surface area contributed by atoms with Crippen molar-refractivity contribution in [2.24, 2.45) is 5.92 Å². The predicted molar refractivity (Wildman–Crippen MR) is 54.6 cm³/mol. The lowest BCUT2D eigenvalue weighted by atomic mass is 10.3. The summed E-state index contributed by atoms with van der Waals surface area (Å²) in [4.78, 5) is 4.09. The maximum atomic E-state index is 8.71. The maximum absolute atomic E-state index is 8.71. The van der Waals surface area contributed by atoms with E-state index in [0.717, 1.165) is 18.3 Å². The van der Waals surface area contributed by atoms with Crippen molar-refractivity contribution in [2.45, 2.75) is 12.8 Å². The molecule has 0 radical (unpaired) electrons. The van der Waals surface area contributed by atoms with E-state index in [2.05, 4.69) is 10.3 Å². The lowest BCUT2D eigenvalue weighted by molar-refractivity contribution is 0.882. The predicted octanol–water partition coefficient (Wildman–Crippen LogP) is 1.36. The molecule has 1 aliphatic rings. The van der Waals surface area contributed by atoms with E-state index >= 15 is 0 Å². The highest BCUT2D eigenvalue weighted by Crippen LogP contribution is 2.28. The second kappa shape index (κ2) is 3.54. The molecular weight excluding hydrogens is 176 g/mol. The summed E-state index contributed by atoms with van der Waals surface area (Å²) in [6.07, 6.45) is 2.60. The SMILES string of the molecule is N#Cc1nc(NCC2CC2)ccc1N. The molecule has 4 heteroatoms. The van der Waals surface area contributed by atoms with Gasteiger partial charge in [0.15, 0.2) is 5.69 Å². The Morgan fingerprint density at radius 1 is 1.57 bits per heavy atom. The lowest BCUT2D eigenvalue weighted by Gasteiger charge is -2.05. The third-order valence-electron chi connectivity index (χ3n) is 2.30. The largest absolute Gasteiger partial charge is 0.396 e. The first-order valence-electron chi connectivity index (χ1n) is 4.70. The van der Waals surface area contributed by atoms with Crippen LogP contribution in [0.4, 0.5) is 11.5 Å². The monoisotopic (exact) mass is 188 g/mol. The van der Waals surface area contributed by atoms with E-state index in [0.29, 0.717) is 11.4 Å². The van der Waals surface area contributed by atoms with Gasteiger partial charge in [-0.1, -0.05) is 0 Å². The minimum atomic E-state index is 0.297. The molecule has 0 bridgehead atoms. The minimum absolute atomic E-state index is 0.297. The van der Waals surface area contributed by atoms with Gasteiger partial charge in [-0.25, -0.2) is 4.98 Å². The number of hydrogen-bond acceptors (Lipinski definition) is 4. The second-order valence-electron chi connectivity index (χ2n) is 3.57. The molecule has 1 fully saturated rings. The highest BCUT2D eigenvalue weighted by molar-refractivity contribution is 5.54. The number of nitrogens with one attached hydrogen (secondary N) is 1. The molecule has 0 spiro atoms. The van der Waals surface area contributed by atoms with Crippen LogP contribution < -0.4 is 11.1 Å². The fourth-order valence-electron chi connectivity index (χ4n) is 1.23. The number of rotatable bonds is 3. The van der Waals surface area contributed by atoms with Crippen molar-refractivity contribution in [3.05, 3.63) is 17.8 Å². The van der Waals surface area contributed by atoms with E-state index in [1.165, 1.54) is 12.8 Å². The number of nitriles is 1. The number of anilines is 2. The van der Waals surface area contributed by atoms with Crippen molar-refractivity contribution < 1.29 is 0 Å². The lowest BCUT2D eigenvalue weighted by Crippen LogP contribution is -2.06. The van der Waals surface area contributed by atoms with Gasteiger partial charge in [0, 0.05) is 6.54 Å². The normalized spacial score (nSPS) is 14.8. The second-order valence-corrected chi connectivity index (χ2v) is 3.57. The average Bonchev–Trinajstić information content (AvgIpc) is 3.00. The highest BCUT2D eigenvalue weighted by atomic mass is 15.0. The van der Waals surface area contributed by atoms with E-state index in [-0.39, 0.29) is 0 Å². The maximum Gasteiger partial charge on any atom is 0.165 e. The van der Waals surface area contributed by atoms with Crippen molar-refractivity contribution in [3.63, 3.8) is 0 Å². The molecular formula is C10H12N4. The molecule has 0 aliphatic heterocycles. The van der Waals surface area contributed by atoms with Crippen LogP contribution in [-0.2, 0) is 0 Å². The van der Waals surface area contributed by atoms with Crippen LogP contribution in [0.2, 0.25) is 0 Å². The Morgan fingerprint density at radius 3 is 3.00 bits per heavy atom. The molecule has 72 valence electrons. The van der Waals surface area contributed by atoms with Crippen molar-refractivity contribution in [1.82, 2.24) is 4.98 Å². The van der Waals surface area contributed by atoms with Gasteiger partial charge in [0.05, 0.1) is 5.69 Å². The molecule has 1 aromatic rings. The highest BCUT2D eigenvalue weighted by Gasteiger charge is 2.20. The number of pyridine rings is 1. The smallest absolute Gasteiger partial charge is 0.165 e. The molecule has 0 amide bonds. The Labute approximate surface area is 82.8 Å². The van der Waals surface area contributed by atoms with Crippen LogP contribution in [0.5, 0.6) is 0 Å². The van der Waals surface area contributed by atoms with Crippen molar-refractivity contribution in [2.75, 3.05) is 17.6 Å². The fourth-order valence-corrected chi connectivity index (χ4v) is 1.23. The molecule has 0 saturated heterocycles. The summed E-state index contributed by atoms with van der Waals surface area (Å²) in [7, 11) is 0. The van der Waals surface area contributed by atoms with Crippen LogP contribution in [0.25, 0.3) is 0 Å². The molecule has 3 N–H and O–H groups in total. The third-order valence-corrected chi connectivity index (χ3v) is 2.30. The first kappa shape index (κ1) is 8.82. The summed E-state index contributed by atoms with van der Waals surface area (Å²) in [6.45, 7) is 0.946. The molecule has 1 aromatic heterocycles. The molecule has 0 aromatic carbocycles. The number of nitrogens with zero attached hydrogens (tertiary/aromatic N) is 2. The van der Waals surface area contributed by atoms with Gasteiger partial charge in [0.1, 0.15) is 11.9 Å². The molecule has 1 aliphatic carbocycles. The van der Waals surface area contributed by atoms with Gasteiger partial charge in [-0.15, -0.1) is 0 Å². The van der Waals surface area contributed by atoms with E-state index in [4.69, 9.17) is 11.0 Å². The first-order chi connectivity index (χ1) is 6.79. The summed E-state index contributed by atoms with van der Waals surface area (Å²) in [5, 5.41) is 11.9. The number of nitrogens with two attached hydrogens (primary N) is 1.